The minimum Gasteiger partial charge on any atom is -0.379 e. The molecule has 2 bridgehead atoms. The molecule has 194 valence electrons. The molecule has 2 aromatic heterocycles. The number of nitrogens with zero attached hydrogens (tertiary/aromatic N) is 1. The molecular formula is C26H34N3O5PS. The molecule has 0 amide bonds. The van der Waals surface area contributed by atoms with Gasteiger partial charge < -0.3 is 24.7 Å². The third-order valence-corrected chi connectivity index (χ3v) is 9.08. The van der Waals surface area contributed by atoms with Crippen molar-refractivity contribution in [1.82, 2.24) is 9.55 Å². The van der Waals surface area contributed by atoms with Crippen LogP contribution in [0, 0.1) is 11.8 Å². The van der Waals surface area contributed by atoms with E-state index in [4.69, 9.17) is 4.52 Å². The number of benzene rings is 1. The number of pyridine rings is 1. The molecule has 4 unspecified atom stereocenters. The zero-order chi connectivity index (χ0) is 25.9. The highest BCUT2D eigenvalue weighted by Crippen LogP contribution is 2.57. The van der Waals surface area contributed by atoms with Crippen LogP contribution in [0.25, 0.3) is 22.0 Å². The Morgan fingerprint density at radius 2 is 2.00 bits per heavy atom. The van der Waals surface area contributed by atoms with Crippen LogP contribution in [-0.4, -0.2) is 36.7 Å². The molecule has 2 aliphatic rings. The summed E-state index contributed by atoms with van der Waals surface area (Å²) in [6.45, 7) is 4.27. The van der Waals surface area contributed by atoms with Crippen molar-refractivity contribution in [3.63, 3.8) is 0 Å². The van der Waals surface area contributed by atoms with E-state index in [1.54, 1.807) is 29.6 Å². The summed E-state index contributed by atoms with van der Waals surface area (Å²) in [4.78, 5) is 36.3. The summed E-state index contributed by atoms with van der Waals surface area (Å²) >= 11 is 1.66. The lowest BCUT2D eigenvalue weighted by Gasteiger charge is -2.54. The molecule has 8 nitrogen and oxygen atoms in total. The topological polar surface area (TPSA) is 117 Å². The third-order valence-electron chi connectivity index (χ3n) is 7.73. The monoisotopic (exact) mass is 531 g/mol. The largest absolute Gasteiger partial charge is 0.470 e. The fourth-order valence-electron chi connectivity index (χ4n) is 6.95. The zero-order valence-electron chi connectivity index (χ0n) is 21.1. The third kappa shape index (κ3) is 4.92. The first-order valence-electron chi connectivity index (χ1n) is 12.3. The van der Waals surface area contributed by atoms with Crippen molar-refractivity contribution in [3.05, 3.63) is 47.0 Å². The van der Waals surface area contributed by atoms with Gasteiger partial charge in [-0.25, -0.2) is 4.57 Å². The molecule has 10 heteroatoms. The number of fused-ring (bicyclic) bond motifs is 3. The summed E-state index contributed by atoms with van der Waals surface area (Å²) in [5, 5.41) is 4.64. The molecule has 0 aliphatic heterocycles. The van der Waals surface area contributed by atoms with Gasteiger partial charge in [-0.3, -0.25) is 9.32 Å². The molecule has 4 N–H and O–H groups in total. The molecule has 0 radical (unpaired) electrons. The molecular weight excluding hydrogens is 497 g/mol. The van der Waals surface area contributed by atoms with Crippen LogP contribution < -0.4 is 10.9 Å². The molecule has 2 heterocycles. The predicted octanol–water partition coefficient (Wildman–Crippen LogP) is 5.50. The highest BCUT2D eigenvalue weighted by molar-refractivity contribution is 7.98. The van der Waals surface area contributed by atoms with Crippen LogP contribution in [0.5, 0.6) is 0 Å². The van der Waals surface area contributed by atoms with Crippen molar-refractivity contribution < 1.29 is 18.9 Å². The summed E-state index contributed by atoms with van der Waals surface area (Å²) in [6.07, 6.45) is 9.41. The van der Waals surface area contributed by atoms with Crippen LogP contribution in [0.2, 0.25) is 0 Å². The van der Waals surface area contributed by atoms with E-state index >= 15 is 0 Å². The number of aryl methyl sites for hydroxylation is 1. The van der Waals surface area contributed by atoms with Crippen molar-refractivity contribution in [1.29, 1.82) is 0 Å². The van der Waals surface area contributed by atoms with Gasteiger partial charge in [0.15, 0.2) is 0 Å². The number of nitrogens with one attached hydrogen (secondary N) is 2. The fraction of sp³-hybridized carbons (Fsp3) is 0.500. The van der Waals surface area contributed by atoms with E-state index in [-0.39, 0.29) is 5.56 Å². The second kappa shape index (κ2) is 9.07. The van der Waals surface area contributed by atoms with Crippen LogP contribution in [-0.2, 0) is 16.1 Å². The van der Waals surface area contributed by atoms with Gasteiger partial charge in [0.1, 0.15) is 5.52 Å². The van der Waals surface area contributed by atoms with Gasteiger partial charge in [0.2, 0.25) is 0 Å². The van der Waals surface area contributed by atoms with Crippen molar-refractivity contribution >= 4 is 36.2 Å². The Morgan fingerprint density at radius 3 is 2.72 bits per heavy atom. The van der Waals surface area contributed by atoms with Crippen molar-refractivity contribution in [2.24, 2.45) is 18.9 Å². The molecule has 2 saturated carbocycles. The van der Waals surface area contributed by atoms with Crippen LogP contribution in [0.3, 0.4) is 0 Å². The van der Waals surface area contributed by atoms with Gasteiger partial charge >= 0.3 is 7.82 Å². The zero-order valence-corrected chi connectivity index (χ0v) is 22.8. The number of anilines is 1. The number of thioether (sulfide) groups is 1. The van der Waals surface area contributed by atoms with Gasteiger partial charge in [0.05, 0.1) is 5.60 Å². The summed E-state index contributed by atoms with van der Waals surface area (Å²) in [5.41, 5.74) is 2.06. The first kappa shape index (κ1) is 25.6. The Kier molecular flexibility index (Phi) is 6.45. The summed E-state index contributed by atoms with van der Waals surface area (Å²) in [7, 11) is -2.88. The Morgan fingerprint density at radius 1 is 1.22 bits per heavy atom. The van der Waals surface area contributed by atoms with Crippen LogP contribution in [0.15, 0.2) is 46.3 Å². The van der Waals surface area contributed by atoms with E-state index < -0.39 is 19.0 Å². The fourth-order valence-corrected chi connectivity index (χ4v) is 8.10. The average Bonchev–Trinajstić information content (AvgIpc) is 3.24. The molecule has 0 spiro atoms. The number of H-pyrrole nitrogens is 1. The Labute approximate surface area is 215 Å². The first-order valence-corrected chi connectivity index (χ1v) is 15.0. The first-order chi connectivity index (χ1) is 16.9. The van der Waals surface area contributed by atoms with Gasteiger partial charge in [-0.15, -0.1) is 11.8 Å². The highest BCUT2D eigenvalue weighted by atomic mass is 32.2. The van der Waals surface area contributed by atoms with E-state index in [0.717, 1.165) is 39.9 Å². The number of hydrogen-bond acceptors (Lipinski definition) is 5. The molecule has 4 atom stereocenters. The Balaban J connectivity index is 1.58. The maximum absolute atomic E-state index is 12.7. The molecule has 3 aromatic rings. The summed E-state index contributed by atoms with van der Waals surface area (Å²) < 4.78 is 19.1. The second-order valence-electron chi connectivity index (χ2n) is 11.1. The lowest BCUT2D eigenvalue weighted by molar-refractivity contribution is -0.0767. The average molecular weight is 532 g/mol. The molecule has 2 fully saturated rings. The van der Waals surface area contributed by atoms with Gasteiger partial charge in [-0.1, -0.05) is 6.92 Å². The SMILES string of the molecule is CSc1ccc(NC2(C)CC3CC(C)CC(OP(=O)(O)O)(C3)C2)c(-c2cn(C)c(=O)c3[nH]ccc23)c1. The number of phosphoric acid groups is 1. The second-order valence-corrected chi connectivity index (χ2v) is 13.1. The van der Waals surface area contributed by atoms with Crippen molar-refractivity contribution in [3.8, 4) is 11.1 Å². The number of aromatic nitrogens is 2. The quantitative estimate of drug-likeness (QED) is 0.245. The van der Waals surface area contributed by atoms with Gasteiger partial charge in [0.25, 0.3) is 5.56 Å². The molecule has 36 heavy (non-hydrogen) atoms. The summed E-state index contributed by atoms with van der Waals surface area (Å²) in [5.74, 6) is 0.665. The maximum atomic E-state index is 12.7. The van der Waals surface area contributed by atoms with Crippen LogP contribution in [0.1, 0.15) is 46.0 Å². The Hall–Kier alpha value is -2.03. The van der Waals surface area contributed by atoms with Crippen molar-refractivity contribution in [2.75, 3.05) is 11.6 Å². The van der Waals surface area contributed by atoms with Gasteiger partial charge in [0, 0.05) is 52.1 Å². The van der Waals surface area contributed by atoms with Crippen LogP contribution >= 0.6 is 19.6 Å². The molecule has 0 saturated heterocycles. The minimum absolute atomic E-state index is 0.0769. The molecule has 1 aromatic carbocycles. The van der Waals surface area contributed by atoms with E-state index in [1.807, 2.05) is 18.5 Å². The maximum Gasteiger partial charge on any atom is 0.470 e. The van der Waals surface area contributed by atoms with Crippen molar-refractivity contribution in [2.45, 2.75) is 62.0 Å². The van der Waals surface area contributed by atoms with E-state index in [0.29, 0.717) is 36.6 Å². The number of phosphoric ester groups is 1. The standard InChI is InChI=1S/C26H34N3O5PS/c1-16-9-17-12-25(2,15-26(11-16,13-17)34-35(31,32)33)28-22-6-5-18(36-4)10-20(22)21-14-29(3)24(30)23-19(21)7-8-27-23/h5-8,10,14,16-17,27-28H,9,11-13,15H2,1-4H3,(H2,31,32,33). The normalized spacial score (nSPS) is 28.4. The molecule has 5 rings (SSSR count). The minimum atomic E-state index is -4.64. The lowest BCUT2D eigenvalue weighted by Crippen LogP contribution is -2.55. The lowest BCUT2D eigenvalue weighted by atomic mass is 9.60. The smallest absolute Gasteiger partial charge is 0.379 e. The predicted molar refractivity (Wildman–Crippen MR) is 144 cm³/mol. The number of rotatable bonds is 6. The van der Waals surface area contributed by atoms with Crippen LogP contribution in [0.4, 0.5) is 5.69 Å². The highest BCUT2D eigenvalue weighted by Gasteiger charge is 2.53. The Bertz CT molecular complexity index is 1410. The van der Waals surface area contributed by atoms with E-state index in [1.165, 1.54) is 0 Å². The van der Waals surface area contributed by atoms with E-state index in [9.17, 15) is 19.1 Å². The van der Waals surface area contributed by atoms with Gasteiger partial charge in [-0.05, 0) is 81.4 Å². The molecule has 2 aliphatic carbocycles. The number of aromatic amines is 1. The van der Waals surface area contributed by atoms with E-state index in [2.05, 4.69) is 42.3 Å². The number of hydrogen-bond donors (Lipinski definition) is 4. The van der Waals surface area contributed by atoms with Gasteiger partial charge in [-0.2, -0.15) is 0 Å². The summed E-state index contributed by atoms with van der Waals surface area (Å²) in [6, 6.07) is 8.21.